The van der Waals surface area contributed by atoms with Gasteiger partial charge in [0.05, 0.1) is 0 Å². The second-order valence-electron chi connectivity index (χ2n) is 4.83. The van der Waals surface area contributed by atoms with E-state index in [0.29, 0.717) is 0 Å². The van der Waals surface area contributed by atoms with Crippen LogP contribution in [0.15, 0.2) is 42.5 Å². The Kier molecular flexibility index (Phi) is 4.05. The molecule has 0 radical (unpaired) electrons. The Hall–Kier alpha value is -2.03. The average Bonchev–Trinajstić information content (AvgIpc) is 2.46. The summed E-state index contributed by atoms with van der Waals surface area (Å²) < 4.78 is 0. The van der Waals surface area contributed by atoms with Crippen molar-refractivity contribution in [1.82, 2.24) is 0 Å². The Bertz CT molecular complexity index is 576. The van der Waals surface area contributed by atoms with E-state index in [2.05, 4.69) is 31.1 Å². The van der Waals surface area contributed by atoms with Crippen molar-refractivity contribution in [1.29, 1.82) is 0 Å². The molecule has 0 atom stereocenters. The van der Waals surface area contributed by atoms with Crippen LogP contribution in [0.4, 0.5) is 5.69 Å². The normalized spacial score (nSPS) is 10.1. The van der Waals surface area contributed by atoms with E-state index in [4.69, 9.17) is 0 Å². The third kappa shape index (κ3) is 2.87. The van der Waals surface area contributed by atoms with Crippen molar-refractivity contribution in [2.24, 2.45) is 0 Å². The van der Waals surface area contributed by atoms with Crippen LogP contribution >= 0.6 is 0 Å². The monoisotopic (exact) mass is 251 g/mol. The molecule has 0 saturated heterocycles. The lowest BCUT2D eigenvalue weighted by Gasteiger charge is -2.15. The number of hydrogen-bond donors (Lipinski definition) is 0. The second-order valence-corrected chi connectivity index (χ2v) is 4.83. The van der Waals surface area contributed by atoms with Crippen LogP contribution in [0.3, 0.4) is 0 Å². The van der Waals surface area contributed by atoms with E-state index < -0.39 is 0 Å². The number of carbonyl (C=O) groups excluding carboxylic acids is 1. The summed E-state index contributed by atoms with van der Waals surface area (Å²) >= 11 is 0. The molecule has 0 bridgehead atoms. The topological polar surface area (TPSA) is 20.3 Å². The zero-order chi connectivity index (χ0) is 13.8. The summed E-state index contributed by atoms with van der Waals surface area (Å²) in [6, 6.07) is 14.4. The molecule has 0 saturated carbocycles. The van der Waals surface area contributed by atoms with Crippen LogP contribution in [0, 0.1) is 0 Å². The zero-order valence-corrected chi connectivity index (χ0v) is 11.7. The quantitative estimate of drug-likeness (QED) is 0.614. The first-order valence-electron chi connectivity index (χ1n) is 6.51. The van der Waals surface area contributed by atoms with Gasteiger partial charge in [0.15, 0.2) is 13.6 Å². The van der Waals surface area contributed by atoms with Gasteiger partial charge in [-0.15, -0.1) is 0 Å². The third-order valence-electron chi connectivity index (χ3n) is 3.35. The van der Waals surface area contributed by atoms with Gasteiger partial charge in [-0.3, -0.25) is 4.79 Å². The summed E-state index contributed by atoms with van der Waals surface area (Å²) in [5, 5.41) is 0. The first-order chi connectivity index (χ1) is 9.15. The molecule has 0 unspecified atom stereocenters. The predicted octanol–water partition coefficient (Wildman–Crippen LogP) is 2.34. The van der Waals surface area contributed by atoms with Gasteiger partial charge in [0.25, 0.3) is 0 Å². The lowest BCUT2D eigenvalue weighted by molar-refractivity contribution is 0.112. The van der Waals surface area contributed by atoms with Crippen molar-refractivity contribution in [3.63, 3.8) is 0 Å². The van der Waals surface area contributed by atoms with Crippen molar-refractivity contribution in [3.8, 4) is 11.1 Å². The Balaban J connectivity index is 2.45. The highest BCUT2D eigenvalue weighted by Gasteiger charge is 2.07. The van der Waals surface area contributed by atoms with Gasteiger partial charge in [-0.05, 0) is 23.3 Å². The molecule has 0 aromatic heterocycles. The minimum atomic E-state index is 0.732. The van der Waals surface area contributed by atoms with Gasteiger partial charge in [-0.25, -0.2) is 0 Å². The van der Waals surface area contributed by atoms with Gasteiger partial charge >= 0.3 is 0 Å². The Morgan fingerprint density at radius 1 is 1.05 bits per heavy atom. The van der Waals surface area contributed by atoms with E-state index in [0.717, 1.165) is 35.9 Å². The molecule has 3 heteroatoms. The molecule has 0 aliphatic rings. The maximum Gasteiger partial charge on any atom is 0.154 e. The Labute approximate surface area is 115 Å². The first-order valence-corrected chi connectivity index (χ1v) is 6.51. The fourth-order valence-corrected chi connectivity index (χ4v) is 2.11. The molecule has 0 N–H and O–H groups in total. The van der Waals surface area contributed by atoms with Gasteiger partial charge in [-0.1, -0.05) is 42.6 Å². The van der Waals surface area contributed by atoms with Crippen LogP contribution in [0.1, 0.15) is 10.4 Å². The molecule has 0 fully saturated rings. The lowest BCUT2D eigenvalue weighted by atomic mass is 9.73. The molecule has 2 aromatic carbocycles. The standard InChI is InChI=1S/C16H18BNO/c1-17-14-6-4-12(5-7-14)16-9-8-15(18(2)3)10-13(16)11-19/h4-11,17H,1-3H3. The van der Waals surface area contributed by atoms with Crippen LogP contribution in [0.5, 0.6) is 0 Å². The SMILES string of the molecule is CBc1ccc(-c2ccc(N(C)C)cc2C=O)cc1. The summed E-state index contributed by atoms with van der Waals surface area (Å²) in [6.07, 6.45) is 0.927. The number of hydrogen-bond acceptors (Lipinski definition) is 2. The summed E-state index contributed by atoms with van der Waals surface area (Å²) in [5.74, 6) is 0. The molecule has 96 valence electrons. The van der Waals surface area contributed by atoms with E-state index in [9.17, 15) is 4.79 Å². The minimum absolute atomic E-state index is 0.732. The van der Waals surface area contributed by atoms with E-state index in [1.165, 1.54) is 5.46 Å². The van der Waals surface area contributed by atoms with Gasteiger partial charge in [0.2, 0.25) is 0 Å². The van der Waals surface area contributed by atoms with Crippen LogP contribution in [-0.4, -0.2) is 27.7 Å². The molecular formula is C16H18BNO. The maximum absolute atomic E-state index is 11.3. The predicted molar refractivity (Wildman–Crippen MR) is 84.2 cm³/mol. The summed E-state index contributed by atoms with van der Waals surface area (Å²) in [5.41, 5.74) is 5.15. The second kappa shape index (κ2) is 5.74. The zero-order valence-electron chi connectivity index (χ0n) is 11.7. The smallest absolute Gasteiger partial charge is 0.154 e. The van der Waals surface area contributed by atoms with Crippen molar-refractivity contribution in [3.05, 3.63) is 48.0 Å². The van der Waals surface area contributed by atoms with Crippen LogP contribution in [0.2, 0.25) is 6.82 Å². The highest BCUT2D eigenvalue weighted by molar-refractivity contribution is 6.51. The molecule has 0 heterocycles. The molecule has 2 rings (SSSR count). The molecular weight excluding hydrogens is 233 g/mol. The van der Waals surface area contributed by atoms with Crippen molar-refractivity contribution in [2.45, 2.75) is 6.82 Å². The number of benzene rings is 2. The number of carbonyl (C=O) groups is 1. The largest absolute Gasteiger partial charge is 0.378 e. The summed E-state index contributed by atoms with van der Waals surface area (Å²) in [7, 11) is 4.97. The van der Waals surface area contributed by atoms with E-state index >= 15 is 0 Å². The van der Waals surface area contributed by atoms with Gasteiger partial charge in [0, 0.05) is 25.3 Å². The fourth-order valence-electron chi connectivity index (χ4n) is 2.11. The van der Waals surface area contributed by atoms with Gasteiger partial charge in [-0.2, -0.15) is 0 Å². The fraction of sp³-hybridized carbons (Fsp3) is 0.188. The van der Waals surface area contributed by atoms with Crippen molar-refractivity contribution < 1.29 is 4.79 Å². The lowest BCUT2D eigenvalue weighted by Crippen LogP contribution is -2.10. The first kappa shape index (κ1) is 13.4. The molecule has 2 aromatic rings. The number of anilines is 1. The summed E-state index contributed by atoms with van der Waals surface area (Å²) in [4.78, 5) is 13.3. The van der Waals surface area contributed by atoms with Crippen molar-refractivity contribution in [2.75, 3.05) is 19.0 Å². The van der Waals surface area contributed by atoms with E-state index in [-0.39, 0.29) is 0 Å². The van der Waals surface area contributed by atoms with Crippen molar-refractivity contribution >= 4 is 24.7 Å². The highest BCUT2D eigenvalue weighted by Crippen LogP contribution is 2.25. The molecule has 0 spiro atoms. The maximum atomic E-state index is 11.3. The third-order valence-corrected chi connectivity index (χ3v) is 3.35. The molecule has 0 aliphatic heterocycles. The average molecular weight is 251 g/mol. The summed E-state index contributed by atoms with van der Waals surface area (Å²) in [6.45, 7) is 2.14. The Morgan fingerprint density at radius 3 is 2.26 bits per heavy atom. The van der Waals surface area contributed by atoms with Crippen LogP contribution in [-0.2, 0) is 0 Å². The number of aldehydes is 1. The van der Waals surface area contributed by atoms with Crippen LogP contribution in [0.25, 0.3) is 11.1 Å². The van der Waals surface area contributed by atoms with E-state index in [1.807, 2.05) is 37.2 Å². The molecule has 2 nitrogen and oxygen atoms in total. The van der Waals surface area contributed by atoms with Gasteiger partial charge < -0.3 is 4.90 Å². The van der Waals surface area contributed by atoms with E-state index in [1.54, 1.807) is 0 Å². The molecule has 0 amide bonds. The number of rotatable bonds is 4. The highest BCUT2D eigenvalue weighted by atomic mass is 16.1. The molecule has 0 aliphatic carbocycles. The minimum Gasteiger partial charge on any atom is -0.378 e. The van der Waals surface area contributed by atoms with Gasteiger partial charge in [0.1, 0.15) is 0 Å². The molecule has 19 heavy (non-hydrogen) atoms. The number of nitrogens with zero attached hydrogens (tertiary/aromatic N) is 1. The van der Waals surface area contributed by atoms with Crippen LogP contribution < -0.4 is 10.4 Å². The Morgan fingerprint density at radius 2 is 1.74 bits per heavy atom.